The maximum Gasteiger partial charge on any atom is 0.258 e. The van der Waals surface area contributed by atoms with Gasteiger partial charge in [-0.2, -0.15) is 0 Å². The van der Waals surface area contributed by atoms with Crippen molar-refractivity contribution in [2.45, 2.75) is 51.5 Å². The van der Waals surface area contributed by atoms with Crippen molar-refractivity contribution < 1.29 is 14.3 Å². The van der Waals surface area contributed by atoms with Crippen LogP contribution in [0.5, 0.6) is 5.75 Å². The van der Waals surface area contributed by atoms with E-state index in [0.717, 1.165) is 36.4 Å². The molecule has 2 aromatic rings. The molecule has 0 spiro atoms. The zero-order chi connectivity index (χ0) is 19.7. The first-order valence-electron chi connectivity index (χ1n) is 10.1. The normalized spacial score (nSPS) is 24.2. The number of ether oxygens (including phenoxy) is 2. The van der Waals surface area contributed by atoms with Crippen molar-refractivity contribution in [3.8, 4) is 5.75 Å². The van der Waals surface area contributed by atoms with Crippen molar-refractivity contribution in [3.05, 3.63) is 59.7 Å². The standard InChI is InChI=1S/C23H28N2O3/c1-16(2)28-18-9-6-8-17(14-18)23(3)24-21-12-5-4-11-20(21)22(26)25(23)15-19-10-7-13-27-19/h4-6,8-9,11-12,14,16,19,24H,7,10,13,15H2,1-3H3. The summed E-state index contributed by atoms with van der Waals surface area (Å²) in [6.45, 7) is 7.41. The van der Waals surface area contributed by atoms with Crippen LogP contribution in [0.25, 0.3) is 0 Å². The summed E-state index contributed by atoms with van der Waals surface area (Å²) in [7, 11) is 0. The Morgan fingerprint density at radius 1 is 1.25 bits per heavy atom. The first kappa shape index (κ1) is 18.8. The van der Waals surface area contributed by atoms with Crippen molar-refractivity contribution in [2.24, 2.45) is 0 Å². The SMILES string of the molecule is CC(C)Oc1cccc(C2(C)Nc3ccccc3C(=O)N2CC2CCCO2)c1. The van der Waals surface area contributed by atoms with Crippen LogP contribution in [0.1, 0.15) is 49.5 Å². The number of nitrogens with zero attached hydrogens (tertiary/aromatic N) is 1. The lowest BCUT2D eigenvalue weighted by molar-refractivity contribution is 0.0242. The van der Waals surface area contributed by atoms with Crippen LogP contribution < -0.4 is 10.1 Å². The number of hydrogen-bond acceptors (Lipinski definition) is 4. The summed E-state index contributed by atoms with van der Waals surface area (Å²) in [5, 5.41) is 3.62. The van der Waals surface area contributed by atoms with Gasteiger partial charge in [0.15, 0.2) is 0 Å². The van der Waals surface area contributed by atoms with Crippen molar-refractivity contribution in [1.29, 1.82) is 0 Å². The zero-order valence-electron chi connectivity index (χ0n) is 16.8. The second kappa shape index (κ2) is 7.47. The monoisotopic (exact) mass is 380 g/mol. The summed E-state index contributed by atoms with van der Waals surface area (Å²) in [6, 6.07) is 15.7. The van der Waals surface area contributed by atoms with E-state index in [2.05, 4.69) is 12.2 Å². The summed E-state index contributed by atoms with van der Waals surface area (Å²) >= 11 is 0. The molecule has 1 saturated heterocycles. The highest BCUT2D eigenvalue weighted by atomic mass is 16.5. The lowest BCUT2D eigenvalue weighted by atomic mass is 9.92. The van der Waals surface area contributed by atoms with Gasteiger partial charge >= 0.3 is 0 Å². The van der Waals surface area contributed by atoms with Crippen LogP contribution in [0.2, 0.25) is 0 Å². The second-order valence-electron chi connectivity index (χ2n) is 7.99. The number of amides is 1. The first-order chi connectivity index (χ1) is 13.5. The van der Waals surface area contributed by atoms with Crippen LogP contribution in [0.3, 0.4) is 0 Å². The fourth-order valence-electron chi connectivity index (χ4n) is 4.09. The Balaban J connectivity index is 1.75. The molecule has 1 fully saturated rings. The van der Waals surface area contributed by atoms with Gasteiger partial charge < -0.3 is 19.7 Å². The Kier molecular flexibility index (Phi) is 5.02. The number of benzene rings is 2. The van der Waals surface area contributed by atoms with Crippen LogP contribution in [0, 0.1) is 0 Å². The molecule has 1 N–H and O–H groups in total. The van der Waals surface area contributed by atoms with Crippen molar-refractivity contribution in [2.75, 3.05) is 18.5 Å². The molecule has 0 radical (unpaired) electrons. The van der Waals surface area contributed by atoms with Crippen molar-refractivity contribution >= 4 is 11.6 Å². The summed E-state index contributed by atoms with van der Waals surface area (Å²) in [5.41, 5.74) is 1.86. The summed E-state index contributed by atoms with van der Waals surface area (Å²) in [5.74, 6) is 0.835. The molecular formula is C23H28N2O3. The minimum atomic E-state index is -0.687. The van der Waals surface area contributed by atoms with E-state index in [1.54, 1.807) is 0 Å². The predicted octanol–water partition coefficient (Wildman–Crippen LogP) is 4.39. The van der Waals surface area contributed by atoms with Crippen LogP contribution in [-0.4, -0.2) is 36.2 Å². The van der Waals surface area contributed by atoms with Crippen LogP contribution in [0.4, 0.5) is 5.69 Å². The molecule has 2 aliphatic heterocycles. The number of carbonyl (C=O) groups is 1. The Labute approximate surface area is 166 Å². The average Bonchev–Trinajstić information content (AvgIpc) is 3.18. The van der Waals surface area contributed by atoms with Gasteiger partial charge in [-0.15, -0.1) is 0 Å². The summed E-state index contributed by atoms with van der Waals surface area (Å²) < 4.78 is 11.8. The van der Waals surface area contributed by atoms with Crippen LogP contribution in [-0.2, 0) is 10.4 Å². The quantitative estimate of drug-likeness (QED) is 0.836. The number of para-hydroxylation sites is 1. The molecule has 148 valence electrons. The third kappa shape index (κ3) is 3.47. The lowest BCUT2D eigenvalue weighted by Crippen LogP contribution is -2.57. The zero-order valence-corrected chi connectivity index (χ0v) is 16.8. The Morgan fingerprint density at radius 3 is 2.82 bits per heavy atom. The Hall–Kier alpha value is -2.53. The van der Waals surface area contributed by atoms with E-state index in [1.165, 1.54) is 0 Å². The average molecular weight is 380 g/mol. The molecule has 0 bridgehead atoms. The third-order valence-corrected chi connectivity index (χ3v) is 5.50. The van der Waals surface area contributed by atoms with E-state index in [1.807, 2.05) is 67.3 Å². The molecule has 4 rings (SSSR count). The minimum Gasteiger partial charge on any atom is -0.491 e. The van der Waals surface area contributed by atoms with E-state index in [4.69, 9.17) is 9.47 Å². The smallest absolute Gasteiger partial charge is 0.258 e. The van der Waals surface area contributed by atoms with Crippen molar-refractivity contribution in [1.82, 2.24) is 4.90 Å². The number of rotatable bonds is 5. The molecule has 2 unspecified atom stereocenters. The minimum absolute atomic E-state index is 0.0301. The molecule has 2 aliphatic rings. The number of carbonyl (C=O) groups excluding carboxylic acids is 1. The molecule has 0 aromatic heterocycles. The molecule has 5 heteroatoms. The van der Waals surface area contributed by atoms with E-state index < -0.39 is 5.66 Å². The van der Waals surface area contributed by atoms with Gasteiger partial charge in [-0.25, -0.2) is 0 Å². The van der Waals surface area contributed by atoms with Gasteiger partial charge in [0, 0.05) is 24.4 Å². The number of fused-ring (bicyclic) bond motifs is 1. The molecule has 2 atom stereocenters. The molecule has 1 amide bonds. The van der Waals surface area contributed by atoms with E-state index in [9.17, 15) is 4.79 Å². The van der Waals surface area contributed by atoms with Gasteiger partial charge in [0.05, 0.1) is 17.8 Å². The van der Waals surface area contributed by atoms with Gasteiger partial charge in [0.1, 0.15) is 11.4 Å². The van der Waals surface area contributed by atoms with E-state index in [-0.39, 0.29) is 18.1 Å². The van der Waals surface area contributed by atoms with Gasteiger partial charge in [-0.3, -0.25) is 4.79 Å². The van der Waals surface area contributed by atoms with Gasteiger partial charge in [-0.1, -0.05) is 24.3 Å². The van der Waals surface area contributed by atoms with Gasteiger partial charge in [-0.05, 0) is 57.9 Å². The summed E-state index contributed by atoms with van der Waals surface area (Å²) in [4.78, 5) is 15.4. The number of hydrogen-bond donors (Lipinski definition) is 1. The Bertz CT molecular complexity index is 860. The topological polar surface area (TPSA) is 50.8 Å². The number of anilines is 1. The molecule has 5 nitrogen and oxygen atoms in total. The van der Waals surface area contributed by atoms with Crippen LogP contribution in [0.15, 0.2) is 48.5 Å². The first-order valence-corrected chi connectivity index (χ1v) is 10.1. The maximum atomic E-state index is 13.5. The fourth-order valence-corrected chi connectivity index (χ4v) is 4.09. The van der Waals surface area contributed by atoms with E-state index in [0.29, 0.717) is 12.1 Å². The van der Waals surface area contributed by atoms with Crippen LogP contribution >= 0.6 is 0 Å². The Morgan fingerprint density at radius 2 is 2.07 bits per heavy atom. The number of nitrogens with one attached hydrogen (secondary N) is 1. The molecule has 0 saturated carbocycles. The highest BCUT2D eigenvalue weighted by Gasteiger charge is 2.43. The fraction of sp³-hybridized carbons (Fsp3) is 0.435. The molecule has 2 aromatic carbocycles. The van der Waals surface area contributed by atoms with Gasteiger partial charge in [0.25, 0.3) is 5.91 Å². The maximum absolute atomic E-state index is 13.5. The molecule has 2 heterocycles. The molecule has 0 aliphatic carbocycles. The molecule has 28 heavy (non-hydrogen) atoms. The summed E-state index contributed by atoms with van der Waals surface area (Å²) in [6.07, 6.45) is 2.20. The third-order valence-electron chi connectivity index (χ3n) is 5.50. The van der Waals surface area contributed by atoms with Gasteiger partial charge in [0.2, 0.25) is 0 Å². The predicted molar refractivity (Wildman–Crippen MR) is 110 cm³/mol. The molecular weight excluding hydrogens is 352 g/mol. The second-order valence-corrected chi connectivity index (χ2v) is 7.99. The largest absolute Gasteiger partial charge is 0.491 e. The van der Waals surface area contributed by atoms with Crippen molar-refractivity contribution in [3.63, 3.8) is 0 Å². The highest BCUT2D eigenvalue weighted by Crippen LogP contribution is 2.39. The lowest BCUT2D eigenvalue weighted by Gasteiger charge is -2.47. The van der Waals surface area contributed by atoms with E-state index >= 15 is 0 Å². The highest BCUT2D eigenvalue weighted by molar-refractivity contribution is 6.02.